The van der Waals surface area contributed by atoms with Gasteiger partial charge in [0.05, 0.1) is 6.61 Å². The van der Waals surface area contributed by atoms with Crippen LogP contribution >= 0.6 is 0 Å². The van der Waals surface area contributed by atoms with E-state index in [4.69, 9.17) is 4.74 Å². The predicted molar refractivity (Wildman–Crippen MR) is 115 cm³/mol. The molecule has 0 unspecified atom stereocenters. The molecule has 1 aliphatic heterocycles. The summed E-state index contributed by atoms with van der Waals surface area (Å²) in [5, 5.41) is 2.97. The van der Waals surface area contributed by atoms with Crippen LogP contribution in [-0.2, 0) is 16.1 Å². The van der Waals surface area contributed by atoms with E-state index in [9.17, 15) is 9.59 Å². The summed E-state index contributed by atoms with van der Waals surface area (Å²) in [4.78, 5) is 26.1. The molecule has 1 N–H and O–H groups in total. The zero-order chi connectivity index (χ0) is 20.5. The van der Waals surface area contributed by atoms with Crippen LogP contribution in [0.4, 0.5) is 5.69 Å². The number of rotatable bonds is 9. The molecule has 5 heteroatoms. The lowest BCUT2D eigenvalue weighted by Gasteiger charge is -2.27. The van der Waals surface area contributed by atoms with Gasteiger partial charge in [-0.1, -0.05) is 24.3 Å². The number of unbranched alkanes of at least 4 members (excludes halogenated alkanes) is 1. The molecule has 1 fully saturated rings. The van der Waals surface area contributed by atoms with Gasteiger partial charge >= 0.3 is 0 Å². The molecule has 0 atom stereocenters. The van der Waals surface area contributed by atoms with E-state index in [1.807, 2.05) is 60.4 Å². The second-order valence-electron chi connectivity index (χ2n) is 7.57. The summed E-state index contributed by atoms with van der Waals surface area (Å²) in [6, 6.07) is 15.9. The Kier molecular flexibility index (Phi) is 7.68. The Balaban J connectivity index is 1.36. The minimum atomic E-state index is 0.0417. The molecule has 2 aromatic carbocycles. The molecule has 0 aliphatic carbocycles. The van der Waals surface area contributed by atoms with Gasteiger partial charge in [0.1, 0.15) is 5.75 Å². The largest absolute Gasteiger partial charge is 0.494 e. The molecule has 0 bridgehead atoms. The topological polar surface area (TPSA) is 58.6 Å². The standard InChI is InChI=1S/C24H30N2O3/c1-19-8-6-11-22(16-19)29-15-5-3-12-23(27)25-18-20-9-7-10-21(17-20)26-14-4-2-13-24(26)28/h6-11,16-17H,2-5,12-15,18H2,1H3,(H,25,27). The van der Waals surface area contributed by atoms with Crippen molar-refractivity contribution >= 4 is 17.5 Å². The Morgan fingerprint density at radius 1 is 1.10 bits per heavy atom. The SMILES string of the molecule is Cc1cccc(OCCCCC(=O)NCc2cccc(N3CCCCC3=O)c2)c1. The van der Waals surface area contributed by atoms with Crippen LogP contribution in [0.5, 0.6) is 5.75 Å². The maximum Gasteiger partial charge on any atom is 0.226 e. The number of anilines is 1. The van der Waals surface area contributed by atoms with Gasteiger partial charge in [-0.05, 0) is 68.0 Å². The predicted octanol–water partition coefficient (Wildman–Crippen LogP) is 4.38. The number of hydrogen-bond donors (Lipinski definition) is 1. The summed E-state index contributed by atoms with van der Waals surface area (Å²) in [5.41, 5.74) is 3.11. The summed E-state index contributed by atoms with van der Waals surface area (Å²) < 4.78 is 5.71. The van der Waals surface area contributed by atoms with E-state index < -0.39 is 0 Å². The van der Waals surface area contributed by atoms with Crippen molar-refractivity contribution in [2.45, 2.75) is 52.0 Å². The maximum atomic E-state index is 12.1. The molecule has 1 aliphatic rings. The summed E-state index contributed by atoms with van der Waals surface area (Å²) in [6.45, 7) is 3.91. The Morgan fingerprint density at radius 3 is 2.79 bits per heavy atom. The van der Waals surface area contributed by atoms with Crippen LogP contribution in [-0.4, -0.2) is 25.0 Å². The molecule has 0 radical (unpaired) electrons. The van der Waals surface area contributed by atoms with Gasteiger partial charge in [0, 0.05) is 31.6 Å². The number of hydrogen-bond acceptors (Lipinski definition) is 3. The van der Waals surface area contributed by atoms with E-state index in [0.29, 0.717) is 26.0 Å². The van der Waals surface area contributed by atoms with Gasteiger partial charge in [0.25, 0.3) is 0 Å². The highest BCUT2D eigenvalue weighted by atomic mass is 16.5. The number of benzene rings is 2. The maximum absolute atomic E-state index is 12.1. The molecule has 2 aromatic rings. The zero-order valence-corrected chi connectivity index (χ0v) is 17.2. The molecule has 0 saturated carbocycles. The van der Waals surface area contributed by atoms with Gasteiger partial charge in [-0.2, -0.15) is 0 Å². The van der Waals surface area contributed by atoms with Crippen LogP contribution in [0, 0.1) is 6.92 Å². The summed E-state index contributed by atoms with van der Waals surface area (Å²) in [7, 11) is 0. The van der Waals surface area contributed by atoms with E-state index in [1.165, 1.54) is 5.56 Å². The van der Waals surface area contributed by atoms with Crippen LogP contribution in [0.1, 0.15) is 49.7 Å². The van der Waals surface area contributed by atoms with Crippen molar-refractivity contribution in [1.82, 2.24) is 5.32 Å². The lowest BCUT2D eigenvalue weighted by atomic mass is 10.1. The average molecular weight is 395 g/mol. The highest BCUT2D eigenvalue weighted by molar-refractivity contribution is 5.94. The first-order chi connectivity index (χ1) is 14.1. The molecule has 0 spiro atoms. The minimum absolute atomic E-state index is 0.0417. The van der Waals surface area contributed by atoms with Gasteiger partial charge < -0.3 is 15.0 Å². The van der Waals surface area contributed by atoms with Crippen molar-refractivity contribution in [1.29, 1.82) is 0 Å². The van der Waals surface area contributed by atoms with Gasteiger partial charge in [-0.25, -0.2) is 0 Å². The number of aryl methyl sites for hydroxylation is 1. The number of ether oxygens (including phenoxy) is 1. The van der Waals surface area contributed by atoms with Crippen molar-refractivity contribution < 1.29 is 14.3 Å². The number of carbonyl (C=O) groups is 2. The lowest BCUT2D eigenvalue weighted by molar-refractivity contribution is -0.121. The van der Waals surface area contributed by atoms with E-state index in [-0.39, 0.29) is 11.8 Å². The minimum Gasteiger partial charge on any atom is -0.494 e. The molecule has 1 saturated heterocycles. The third-order valence-electron chi connectivity index (χ3n) is 5.09. The second kappa shape index (κ2) is 10.6. The summed E-state index contributed by atoms with van der Waals surface area (Å²) in [5.74, 6) is 1.10. The number of nitrogens with zero attached hydrogens (tertiary/aromatic N) is 1. The van der Waals surface area contributed by atoms with Crippen molar-refractivity contribution in [2.24, 2.45) is 0 Å². The Labute approximate surface area is 173 Å². The smallest absolute Gasteiger partial charge is 0.226 e. The van der Waals surface area contributed by atoms with E-state index in [0.717, 1.165) is 49.2 Å². The number of piperidine rings is 1. The number of carbonyl (C=O) groups excluding carboxylic acids is 2. The van der Waals surface area contributed by atoms with Gasteiger partial charge in [-0.3, -0.25) is 9.59 Å². The third kappa shape index (κ3) is 6.63. The Morgan fingerprint density at radius 2 is 1.97 bits per heavy atom. The van der Waals surface area contributed by atoms with Crippen molar-refractivity contribution in [2.75, 3.05) is 18.1 Å². The van der Waals surface area contributed by atoms with Crippen molar-refractivity contribution in [3.63, 3.8) is 0 Å². The molecule has 0 aromatic heterocycles. The van der Waals surface area contributed by atoms with Crippen LogP contribution in [0.3, 0.4) is 0 Å². The Bertz CT molecular complexity index is 834. The molecule has 1 heterocycles. The first-order valence-electron chi connectivity index (χ1n) is 10.5. The molecular weight excluding hydrogens is 364 g/mol. The van der Waals surface area contributed by atoms with E-state index >= 15 is 0 Å². The first kappa shape index (κ1) is 20.9. The van der Waals surface area contributed by atoms with Gasteiger partial charge in [-0.15, -0.1) is 0 Å². The Hall–Kier alpha value is -2.82. The van der Waals surface area contributed by atoms with Crippen molar-refractivity contribution in [3.8, 4) is 5.75 Å². The van der Waals surface area contributed by atoms with Crippen LogP contribution in [0.15, 0.2) is 48.5 Å². The molecule has 3 rings (SSSR count). The molecule has 2 amide bonds. The van der Waals surface area contributed by atoms with Crippen LogP contribution in [0.2, 0.25) is 0 Å². The highest BCUT2D eigenvalue weighted by Crippen LogP contribution is 2.22. The molecule has 154 valence electrons. The molecular formula is C24H30N2O3. The van der Waals surface area contributed by atoms with E-state index in [2.05, 4.69) is 5.32 Å². The number of amides is 2. The number of nitrogens with one attached hydrogen (secondary N) is 1. The molecule has 29 heavy (non-hydrogen) atoms. The third-order valence-corrected chi connectivity index (χ3v) is 5.09. The lowest BCUT2D eigenvalue weighted by Crippen LogP contribution is -2.35. The fourth-order valence-corrected chi connectivity index (χ4v) is 3.49. The van der Waals surface area contributed by atoms with Crippen LogP contribution < -0.4 is 15.0 Å². The normalized spacial score (nSPS) is 14.0. The zero-order valence-electron chi connectivity index (χ0n) is 17.2. The monoisotopic (exact) mass is 394 g/mol. The van der Waals surface area contributed by atoms with Crippen molar-refractivity contribution in [3.05, 3.63) is 59.7 Å². The average Bonchev–Trinajstić information content (AvgIpc) is 2.73. The summed E-state index contributed by atoms with van der Waals surface area (Å²) >= 11 is 0. The quantitative estimate of drug-likeness (QED) is 0.642. The molecule has 5 nitrogen and oxygen atoms in total. The summed E-state index contributed by atoms with van der Waals surface area (Å²) in [6.07, 6.45) is 4.76. The first-order valence-corrected chi connectivity index (χ1v) is 10.5. The van der Waals surface area contributed by atoms with E-state index in [1.54, 1.807) is 0 Å². The van der Waals surface area contributed by atoms with Gasteiger partial charge in [0.2, 0.25) is 11.8 Å². The van der Waals surface area contributed by atoms with Crippen LogP contribution in [0.25, 0.3) is 0 Å². The van der Waals surface area contributed by atoms with Gasteiger partial charge in [0.15, 0.2) is 0 Å². The highest BCUT2D eigenvalue weighted by Gasteiger charge is 2.19. The second-order valence-corrected chi connectivity index (χ2v) is 7.57. The fourth-order valence-electron chi connectivity index (χ4n) is 3.49. The fraction of sp³-hybridized carbons (Fsp3) is 0.417.